The van der Waals surface area contributed by atoms with Crippen LogP contribution in [0.15, 0.2) is 36.4 Å². The Labute approximate surface area is 123 Å². The average Bonchev–Trinajstić information content (AvgIpc) is 2.42. The van der Waals surface area contributed by atoms with E-state index in [4.69, 9.17) is 21.6 Å². The number of nitrogens with zero attached hydrogens (tertiary/aromatic N) is 1. The van der Waals surface area contributed by atoms with Crippen LogP contribution in [0.1, 0.15) is 11.1 Å². The zero-order valence-corrected chi connectivity index (χ0v) is 12.0. The Morgan fingerprint density at radius 3 is 2.58 bits per heavy atom. The van der Waals surface area contributed by atoms with Gasteiger partial charge in [0.1, 0.15) is 5.75 Å². The lowest BCUT2D eigenvalue weighted by Gasteiger charge is -2.10. The van der Waals surface area contributed by atoms with Crippen molar-refractivity contribution in [3.8, 4) is 17.6 Å². The fourth-order valence-electron chi connectivity index (χ4n) is 1.52. The second-order valence-corrected chi connectivity index (χ2v) is 4.74. The number of rotatable bonds is 3. The van der Waals surface area contributed by atoms with E-state index in [2.05, 4.69) is 15.9 Å². The van der Waals surface area contributed by atoms with Crippen molar-refractivity contribution in [2.45, 2.75) is 5.33 Å². The van der Waals surface area contributed by atoms with Crippen molar-refractivity contribution < 1.29 is 9.13 Å². The van der Waals surface area contributed by atoms with Crippen LogP contribution in [0.2, 0.25) is 5.02 Å². The Bertz CT molecular complexity index is 654. The highest BCUT2D eigenvalue weighted by molar-refractivity contribution is 9.08. The van der Waals surface area contributed by atoms with Gasteiger partial charge in [0, 0.05) is 15.9 Å². The topological polar surface area (TPSA) is 33.0 Å². The molecule has 2 aromatic carbocycles. The van der Waals surface area contributed by atoms with E-state index >= 15 is 0 Å². The lowest BCUT2D eigenvalue weighted by molar-refractivity contribution is 0.439. The molecule has 2 rings (SSSR count). The molecule has 0 N–H and O–H groups in total. The van der Waals surface area contributed by atoms with Gasteiger partial charge in [-0.3, -0.25) is 0 Å². The molecule has 0 amide bonds. The first-order chi connectivity index (χ1) is 9.13. The fourth-order valence-corrected chi connectivity index (χ4v) is 2.16. The summed E-state index contributed by atoms with van der Waals surface area (Å²) in [5, 5.41) is 9.80. The van der Waals surface area contributed by atoms with E-state index in [0.717, 1.165) is 11.6 Å². The van der Waals surface area contributed by atoms with Crippen LogP contribution in [0.5, 0.6) is 11.5 Å². The summed E-state index contributed by atoms with van der Waals surface area (Å²) >= 11 is 9.20. The van der Waals surface area contributed by atoms with Crippen molar-refractivity contribution >= 4 is 27.5 Å². The molecule has 5 heteroatoms. The quantitative estimate of drug-likeness (QED) is 0.733. The van der Waals surface area contributed by atoms with Crippen LogP contribution in [-0.4, -0.2) is 0 Å². The monoisotopic (exact) mass is 339 g/mol. The maximum absolute atomic E-state index is 13.7. The maximum atomic E-state index is 13.7. The molecular formula is C14H8BrClFNO. The van der Waals surface area contributed by atoms with Gasteiger partial charge in [0.25, 0.3) is 0 Å². The third-order valence-corrected chi connectivity index (χ3v) is 3.29. The van der Waals surface area contributed by atoms with Crippen LogP contribution in [0.3, 0.4) is 0 Å². The minimum absolute atomic E-state index is 0.0727. The lowest BCUT2D eigenvalue weighted by atomic mass is 10.2. The Kier molecular flexibility index (Phi) is 4.41. The van der Waals surface area contributed by atoms with Gasteiger partial charge in [0.15, 0.2) is 11.6 Å². The minimum Gasteiger partial charge on any atom is -0.454 e. The van der Waals surface area contributed by atoms with E-state index in [-0.39, 0.29) is 11.3 Å². The molecule has 2 nitrogen and oxygen atoms in total. The van der Waals surface area contributed by atoms with E-state index < -0.39 is 5.82 Å². The summed E-state index contributed by atoms with van der Waals surface area (Å²) in [6.07, 6.45) is 0. The van der Waals surface area contributed by atoms with Crippen LogP contribution in [0.4, 0.5) is 4.39 Å². The first kappa shape index (κ1) is 13.9. The predicted molar refractivity (Wildman–Crippen MR) is 75.3 cm³/mol. The largest absolute Gasteiger partial charge is 0.454 e. The molecule has 0 heterocycles. The summed E-state index contributed by atoms with van der Waals surface area (Å²) in [5.41, 5.74) is 1.07. The molecule has 2 aromatic rings. The van der Waals surface area contributed by atoms with Gasteiger partial charge >= 0.3 is 0 Å². The Morgan fingerprint density at radius 1 is 1.21 bits per heavy atom. The first-order valence-electron chi connectivity index (χ1n) is 5.36. The Morgan fingerprint density at radius 2 is 1.95 bits per heavy atom. The smallest absolute Gasteiger partial charge is 0.167 e. The van der Waals surface area contributed by atoms with Crippen molar-refractivity contribution in [1.82, 2.24) is 0 Å². The van der Waals surface area contributed by atoms with Crippen LogP contribution in [0, 0.1) is 17.1 Å². The van der Waals surface area contributed by atoms with Gasteiger partial charge in [-0.25, -0.2) is 4.39 Å². The van der Waals surface area contributed by atoms with Crippen LogP contribution in [-0.2, 0) is 5.33 Å². The predicted octanol–water partition coefficient (Wildman–Crippen LogP) is 5.04. The number of alkyl halides is 1. The second-order valence-electron chi connectivity index (χ2n) is 3.74. The molecule has 0 aliphatic heterocycles. The van der Waals surface area contributed by atoms with Crippen LogP contribution >= 0.6 is 27.5 Å². The Balaban J connectivity index is 2.34. The Hall–Kier alpha value is -1.57. The van der Waals surface area contributed by atoms with Gasteiger partial charge in [-0.05, 0) is 36.4 Å². The zero-order valence-electron chi connectivity index (χ0n) is 9.66. The molecule has 0 saturated carbocycles. The van der Waals surface area contributed by atoms with Crippen LogP contribution < -0.4 is 4.74 Å². The van der Waals surface area contributed by atoms with E-state index in [9.17, 15) is 4.39 Å². The summed E-state index contributed by atoms with van der Waals surface area (Å²) in [4.78, 5) is 0. The molecule has 0 saturated heterocycles. The number of benzene rings is 2. The molecule has 0 aliphatic carbocycles. The molecule has 0 spiro atoms. The molecule has 19 heavy (non-hydrogen) atoms. The molecule has 0 unspecified atom stereocenters. The first-order valence-corrected chi connectivity index (χ1v) is 6.86. The van der Waals surface area contributed by atoms with Crippen molar-refractivity contribution in [3.05, 3.63) is 58.4 Å². The third-order valence-electron chi connectivity index (χ3n) is 2.45. The summed E-state index contributed by atoms with van der Waals surface area (Å²) in [7, 11) is 0. The van der Waals surface area contributed by atoms with Gasteiger partial charge in [0.05, 0.1) is 11.6 Å². The molecule has 0 fully saturated rings. The highest BCUT2D eigenvalue weighted by Gasteiger charge is 2.09. The van der Waals surface area contributed by atoms with E-state index in [1.807, 2.05) is 6.07 Å². The number of hydrogen-bond acceptors (Lipinski definition) is 2. The summed E-state index contributed by atoms with van der Waals surface area (Å²) < 4.78 is 19.2. The highest BCUT2D eigenvalue weighted by Crippen LogP contribution is 2.31. The highest BCUT2D eigenvalue weighted by atomic mass is 79.9. The molecule has 0 atom stereocenters. The van der Waals surface area contributed by atoms with E-state index in [1.54, 1.807) is 18.2 Å². The van der Waals surface area contributed by atoms with E-state index in [0.29, 0.717) is 16.1 Å². The van der Waals surface area contributed by atoms with Gasteiger partial charge in [-0.1, -0.05) is 27.5 Å². The number of halogens is 3. The number of nitriles is 1. The molecule has 0 aromatic heterocycles. The SMILES string of the molecule is N#Cc1ccc(Oc2ccc(Cl)cc2CBr)c(F)c1. The van der Waals surface area contributed by atoms with Crippen molar-refractivity contribution in [3.63, 3.8) is 0 Å². The van der Waals surface area contributed by atoms with Crippen molar-refractivity contribution in [2.24, 2.45) is 0 Å². The zero-order chi connectivity index (χ0) is 13.8. The average molecular weight is 341 g/mol. The van der Waals surface area contributed by atoms with Gasteiger partial charge < -0.3 is 4.74 Å². The summed E-state index contributed by atoms with van der Waals surface area (Å²) in [6, 6.07) is 11.0. The lowest BCUT2D eigenvalue weighted by Crippen LogP contribution is -1.92. The second kappa shape index (κ2) is 6.05. The molecular weight excluding hydrogens is 333 g/mol. The van der Waals surface area contributed by atoms with Crippen molar-refractivity contribution in [1.29, 1.82) is 5.26 Å². The molecule has 0 radical (unpaired) electrons. The summed E-state index contributed by atoms with van der Waals surface area (Å²) in [5.74, 6) is 0.0166. The molecule has 0 aliphatic rings. The molecule has 0 bridgehead atoms. The normalized spacial score (nSPS) is 10.0. The summed E-state index contributed by atoms with van der Waals surface area (Å²) in [6.45, 7) is 0. The number of ether oxygens (including phenoxy) is 1. The van der Waals surface area contributed by atoms with Gasteiger partial charge in [0.2, 0.25) is 0 Å². The van der Waals surface area contributed by atoms with Gasteiger partial charge in [-0.15, -0.1) is 0 Å². The van der Waals surface area contributed by atoms with E-state index in [1.165, 1.54) is 12.1 Å². The van der Waals surface area contributed by atoms with Crippen LogP contribution in [0.25, 0.3) is 0 Å². The molecule has 96 valence electrons. The maximum Gasteiger partial charge on any atom is 0.167 e. The van der Waals surface area contributed by atoms with Gasteiger partial charge in [-0.2, -0.15) is 5.26 Å². The number of hydrogen-bond donors (Lipinski definition) is 0. The van der Waals surface area contributed by atoms with Crippen molar-refractivity contribution in [2.75, 3.05) is 0 Å². The fraction of sp³-hybridized carbons (Fsp3) is 0.0714. The minimum atomic E-state index is -0.575. The standard InChI is InChI=1S/C14H8BrClFNO/c15-7-10-6-11(16)2-4-13(10)19-14-3-1-9(8-18)5-12(14)17/h1-6H,7H2. The third kappa shape index (κ3) is 3.25.